The number of hydroxylamine groups is 1. The van der Waals surface area contributed by atoms with Crippen molar-refractivity contribution in [3.8, 4) is 16.9 Å². The van der Waals surface area contributed by atoms with Gasteiger partial charge in [0.2, 0.25) is 11.8 Å². The number of methoxy groups -OCH3 is 1. The lowest BCUT2D eigenvalue weighted by Gasteiger charge is -2.36. The fraction of sp³-hybridized carbons (Fsp3) is 0.350. The van der Waals surface area contributed by atoms with E-state index in [1.165, 1.54) is 0 Å². The molecule has 1 aliphatic heterocycles. The number of unbranched alkanes of at least 4 members (excludes halogenated alkanes) is 3. The lowest BCUT2D eigenvalue weighted by atomic mass is 9.99. The van der Waals surface area contributed by atoms with E-state index in [1.807, 2.05) is 66.7 Å². The molecule has 4 aromatic carbocycles. The summed E-state index contributed by atoms with van der Waals surface area (Å²) in [5.41, 5.74) is 7.50. The molecule has 4 aromatic rings. The first kappa shape index (κ1) is 37.1. The number of carbonyl (C=O) groups excluding carboxylic acids is 2. The average molecular weight is 699 g/mol. The third-order valence-electron chi connectivity index (χ3n) is 8.70. The molecule has 1 saturated heterocycles. The Morgan fingerprint density at radius 2 is 1.52 bits per heavy atom. The third-order valence-corrected chi connectivity index (χ3v) is 9.89. The summed E-state index contributed by atoms with van der Waals surface area (Å²) in [5.74, 6) is 1.18. The molecule has 4 N–H and O–H groups in total. The van der Waals surface area contributed by atoms with Gasteiger partial charge in [-0.15, -0.1) is 11.8 Å². The molecule has 3 unspecified atom stereocenters. The second-order valence-electron chi connectivity index (χ2n) is 12.4. The van der Waals surface area contributed by atoms with Crippen molar-refractivity contribution in [1.82, 2.24) is 10.8 Å². The van der Waals surface area contributed by atoms with Crippen LogP contribution in [-0.2, 0) is 32.2 Å². The number of aliphatic hydroxyl groups excluding tert-OH is 1. The summed E-state index contributed by atoms with van der Waals surface area (Å²) >= 11 is 1.71. The molecule has 0 spiro atoms. The van der Waals surface area contributed by atoms with Gasteiger partial charge in [-0.2, -0.15) is 0 Å². The number of aliphatic hydroxyl groups is 1. The molecule has 1 heterocycles. The zero-order valence-corrected chi connectivity index (χ0v) is 29.2. The molecule has 9 nitrogen and oxygen atoms in total. The second kappa shape index (κ2) is 19.3. The number of benzene rings is 4. The van der Waals surface area contributed by atoms with E-state index in [0.29, 0.717) is 25.8 Å². The number of rotatable bonds is 17. The fourth-order valence-corrected chi connectivity index (χ4v) is 6.99. The van der Waals surface area contributed by atoms with Crippen molar-refractivity contribution in [3.63, 3.8) is 0 Å². The van der Waals surface area contributed by atoms with Crippen LogP contribution in [0, 0.1) is 0 Å². The summed E-state index contributed by atoms with van der Waals surface area (Å²) in [7, 11) is 1.68. The van der Waals surface area contributed by atoms with Gasteiger partial charge in [0.25, 0.3) is 0 Å². The SMILES string of the molecule is COc1ccccc1SCC1CC(c2ccc(CO)cc2)OC(c2cccc(-c3cccc(CNC(=O)CCCCCCC(=O)NO)c3)c2)O1. The van der Waals surface area contributed by atoms with Gasteiger partial charge in [-0.05, 0) is 64.9 Å². The van der Waals surface area contributed by atoms with Gasteiger partial charge in [-0.25, -0.2) is 5.48 Å². The van der Waals surface area contributed by atoms with E-state index in [9.17, 15) is 14.7 Å². The zero-order valence-electron chi connectivity index (χ0n) is 28.4. The standard InChI is InChI=1S/C40H46N2O7S/c1-47-35-14-6-7-15-37(35)50-27-34-24-36(30-20-18-28(26-43)19-21-30)49-40(48-34)33-13-9-12-32(23-33)31-11-8-10-29(22-31)25-41-38(44)16-4-2-3-5-17-39(45)42-46/h6-15,18-23,34,36,40,43,46H,2-5,16-17,24-27H2,1H3,(H,41,44)(H,42,45). The Morgan fingerprint density at radius 3 is 2.26 bits per heavy atom. The average Bonchev–Trinajstić information content (AvgIpc) is 3.17. The van der Waals surface area contributed by atoms with Crippen LogP contribution in [0.5, 0.6) is 5.75 Å². The lowest BCUT2D eigenvalue weighted by molar-refractivity contribution is -0.245. The van der Waals surface area contributed by atoms with Gasteiger partial charge in [0, 0.05) is 42.0 Å². The molecular weight excluding hydrogens is 653 g/mol. The monoisotopic (exact) mass is 698 g/mol. The van der Waals surface area contributed by atoms with E-state index in [1.54, 1.807) is 24.4 Å². The first-order valence-corrected chi connectivity index (χ1v) is 18.1. The van der Waals surface area contributed by atoms with E-state index in [-0.39, 0.29) is 37.0 Å². The van der Waals surface area contributed by atoms with Crippen molar-refractivity contribution in [1.29, 1.82) is 0 Å². The molecule has 264 valence electrons. The summed E-state index contributed by atoms with van der Waals surface area (Å²) in [5, 5.41) is 21.1. The Labute approximate surface area is 298 Å². The van der Waals surface area contributed by atoms with Crippen LogP contribution < -0.4 is 15.5 Å². The highest BCUT2D eigenvalue weighted by molar-refractivity contribution is 7.99. The third kappa shape index (κ3) is 10.9. The molecule has 1 fully saturated rings. The van der Waals surface area contributed by atoms with Gasteiger partial charge in [-0.3, -0.25) is 14.8 Å². The number of nitrogens with one attached hydrogen (secondary N) is 2. The van der Waals surface area contributed by atoms with Crippen LogP contribution in [0.25, 0.3) is 11.1 Å². The normalized spacial score (nSPS) is 17.2. The molecule has 2 amide bonds. The summed E-state index contributed by atoms with van der Waals surface area (Å²) in [6.07, 6.45) is 3.67. The van der Waals surface area contributed by atoms with E-state index in [2.05, 4.69) is 35.6 Å². The molecule has 0 aromatic heterocycles. The maximum atomic E-state index is 12.5. The molecule has 50 heavy (non-hydrogen) atoms. The molecule has 0 saturated carbocycles. The van der Waals surface area contributed by atoms with Crippen molar-refractivity contribution in [2.24, 2.45) is 0 Å². The first-order chi connectivity index (χ1) is 24.4. The Kier molecular flexibility index (Phi) is 14.3. The fourth-order valence-electron chi connectivity index (χ4n) is 5.94. The largest absolute Gasteiger partial charge is 0.496 e. The Hall–Kier alpha value is -4.19. The second-order valence-corrected chi connectivity index (χ2v) is 13.4. The van der Waals surface area contributed by atoms with Crippen molar-refractivity contribution in [2.75, 3.05) is 12.9 Å². The van der Waals surface area contributed by atoms with E-state index < -0.39 is 6.29 Å². The molecular formula is C40H46N2O7S. The Bertz CT molecular complexity index is 1680. The first-order valence-electron chi connectivity index (χ1n) is 17.1. The predicted molar refractivity (Wildman–Crippen MR) is 193 cm³/mol. The van der Waals surface area contributed by atoms with Crippen LogP contribution in [0.15, 0.2) is 102 Å². The highest BCUT2D eigenvalue weighted by atomic mass is 32.2. The van der Waals surface area contributed by atoms with Crippen molar-refractivity contribution >= 4 is 23.6 Å². The maximum Gasteiger partial charge on any atom is 0.243 e. The maximum absolute atomic E-state index is 12.5. The van der Waals surface area contributed by atoms with Crippen molar-refractivity contribution in [2.45, 2.75) is 81.5 Å². The minimum Gasteiger partial charge on any atom is -0.496 e. The number of carbonyl (C=O) groups is 2. The van der Waals surface area contributed by atoms with Gasteiger partial charge in [-0.1, -0.05) is 85.6 Å². The number of ether oxygens (including phenoxy) is 3. The van der Waals surface area contributed by atoms with Gasteiger partial charge < -0.3 is 24.6 Å². The number of hydrogen-bond donors (Lipinski definition) is 4. The Morgan fingerprint density at radius 1 is 0.800 bits per heavy atom. The number of para-hydroxylation sites is 1. The minimum absolute atomic E-state index is 0.00363. The smallest absolute Gasteiger partial charge is 0.243 e. The van der Waals surface area contributed by atoms with Gasteiger partial charge in [0.05, 0.1) is 25.9 Å². The number of thioether (sulfide) groups is 1. The zero-order chi connectivity index (χ0) is 35.1. The molecule has 3 atom stereocenters. The van der Waals surface area contributed by atoms with Gasteiger partial charge in [0.15, 0.2) is 6.29 Å². The lowest BCUT2D eigenvalue weighted by Crippen LogP contribution is -2.31. The molecule has 10 heteroatoms. The predicted octanol–water partition coefficient (Wildman–Crippen LogP) is 7.65. The summed E-state index contributed by atoms with van der Waals surface area (Å²) in [6, 6.07) is 32.3. The summed E-state index contributed by atoms with van der Waals surface area (Å²) < 4.78 is 18.8. The number of hydrogen-bond acceptors (Lipinski definition) is 8. The molecule has 1 aliphatic rings. The van der Waals surface area contributed by atoms with Gasteiger partial charge >= 0.3 is 0 Å². The number of amides is 2. The minimum atomic E-state index is -0.580. The van der Waals surface area contributed by atoms with Crippen LogP contribution in [-0.4, -0.2) is 41.1 Å². The highest BCUT2D eigenvalue weighted by Crippen LogP contribution is 2.41. The molecule has 5 rings (SSSR count). The van der Waals surface area contributed by atoms with E-state index in [4.69, 9.17) is 19.4 Å². The summed E-state index contributed by atoms with van der Waals surface area (Å²) in [6.45, 7) is 0.423. The molecule has 0 radical (unpaired) electrons. The van der Waals surface area contributed by atoms with E-state index in [0.717, 1.165) is 69.0 Å². The van der Waals surface area contributed by atoms with Crippen LogP contribution in [0.1, 0.15) is 79.6 Å². The van der Waals surface area contributed by atoms with Crippen LogP contribution in [0.2, 0.25) is 0 Å². The summed E-state index contributed by atoms with van der Waals surface area (Å²) in [4.78, 5) is 24.6. The molecule has 0 bridgehead atoms. The quantitative estimate of drug-likeness (QED) is 0.0384. The van der Waals surface area contributed by atoms with Crippen LogP contribution >= 0.6 is 11.8 Å². The molecule has 0 aliphatic carbocycles. The Balaban J connectivity index is 1.23. The topological polar surface area (TPSA) is 126 Å². The van der Waals surface area contributed by atoms with E-state index >= 15 is 0 Å². The van der Waals surface area contributed by atoms with Crippen molar-refractivity contribution < 1.29 is 34.1 Å². The van der Waals surface area contributed by atoms with Crippen LogP contribution in [0.3, 0.4) is 0 Å². The van der Waals surface area contributed by atoms with Gasteiger partial charge in [0.1, 0.15) is 5.75 Å². The highest BCUT2D eigenvalue weighted by Gasteiger charge is 2.32. The van der Waals surface area contributed by atoms with Crippen molar-refractivity contribution in [3.05, 3.63) is 119 Å². The van der Waals surface area contributed by atoms with Crippen LogP contribution in [0.4, 0.5) is 0 Å².